The second-order valence-electron chi connectivity index (χ2n) is 9.21. The number of methoxy groups -OCH3 is 1. The highest BCUT2D eigenvalue weighted by molar-refractivity contribution is 5.92. The number of amides is 2. The van der Waals surface area contributed by atoms with Gasteiger partial charge < -0.3 is 24.8 Å². The normalized spacial score (nSPS) is 16.1. The number of alkyl carbamates (subject to hydrolysis) is 1. The van der Waals surface area contributed by atoms with Crippen molar-refractivity contribution in [1.82, 2.24) is 10.2 Å². The number of aliphatic carboxylic acids is 1. The molecule has 2 aliphatic rings. The molecule has 0 heterocycles. The van der Waals surface area contributed by atoms with E-state index < -0.39 is 30.1 Å². The number of fused-ring (bicyclic) bond motifs is 3. The van der Waals surface area contributed by atoms with Gasteiger partial charge in [0.2, 0.25) is 5.91 Å². The van der Waals surface area contributed by atoms with Gasteiger partial charge in [-0.3, -0.25) is 9.59 Å². The lowest BCUT2D eigenvalue weighted by Gasteiger charge is -2.39. The molecule has 0 aromatic heterocycles. The first kappa shape index (κ1) is 24.7. The number of carbonyl (C=O) groups excluding carboxylic acids is 2. The molecule has 1 fully saturated rings. The van der Waals surface area contributed by atoms with Crippen molar-refractivity contribution in [3.05, 3.63) is 59.7 Å². The highest BCUT2D eigenvalue weighted by atomic mass is 16.5. The molecule has 2 aromatic carbocycles. The first-order chi connectivity index (χ1) is 16.9. The zero-order valence-corrected chi connectivity index (χ0v) is 20.0. The molecule has 4 rings (SSSR count). The van der Waals surface area contributed by atoms with Gasteiger partial charge in [-0.1, -0.05) is 67.8 Å². The number of nitrogens with one attached hydrogen (secondary N) is 1. The summed E-state index contributed by atoms with van der Waals surface area (Å²) in [5, 5.41) is 12.2. The monoisotopic (exact) mass is 480 g/mol. The number of carboxylic acid groups (broad SMARTS) is 1. The van der Waals surface area contributed by atoms with Gasteiger partial charge in [-0.2, -0.15) is 0 Å². The van der Waals surface area contributed by atoms with Gasteiger partial charge in [0.05, 0.1) is 6.61 Å². The van der Waals surface area contributed by atoms with E-state index in [1.165, 1.54) is 12.0 Å². The van der Waals surface area contributed by atoms with E-state index in [0.29, 0.717) is 12.8 Å². The van der Waals surface area contributed by atoms with Crippen LogP contribution in [-0.4, -0.2) is 66.9 Å². The van der Waals surface area contributed by atoms with Crippen LogP contribution in [-0.2, 0) is 19.1 Å². The van der Waals surface area contributed by atoms with Gasteiger partial charge in [0.15, 0.2) is 0 Å². The quantitative estimate of drug-likeness (QED) is 0.566. The number of hydrogen-bond acceptors (Lipinski definition) is 5. The molecule has 2 aromatic rings. The van der Waals surface area contributed by atoms with Gasteiger partial charge in [0, 0.05) is 19.6 Å². The third-order valence-corrected chi connectivity index (χ3v) is 6.98. The van der Waals surface area contributed by atoms with E-state index in [1.807, 2.05) is 36.4 Å². The van der Waals surface area contributed by atoms with Crippen LogP contribution in [0.3, 0.4) is 0 Å². The average Bonchev–Trinajstić information content (AvgIpc) is 3.19. The minimum atomic E-state index is -1.18. The van der Waals surface area contributed by atoms with Gasteiger partial charge in [-0.15, -0.1) is 0 Å². The third kappa shape index (κ3) is 5.32. The van der Waals surface area contributed by atoms with Crippen LogP contribution < -0.4 is 5.32 Å². The van der Waals surface area contributed by atoms with E-state index in [2.05, 4.69) is 17.4 Å². The predicted octanol–water partition coefficient (Wildman–Crippen LogP) is 3.79. The maximum absolute atomic E-state index is 13.5. The Morgan fingerprint density at radius 3 is 2.17 bits per heavy atom. The summed E-state index contributed by atoms with van der Waals surface area (Å²) < 4.78 is 10.8. The second kappa shape index (κ2) is 10.9. The number of ether oxygens (including phenoxy) is 2. The number of hydrogen-bond donors (Lipinski definition) is 2. The van der Waals surface area contributed by atoms with Gasteiger partial charge in [0.25, 0.3) is 0 Å². The Hall–Kier alpha value is -3.39. The van der Waals surface area contributed by atoms with Crippen LogP contribution in [0.15, 0.2) is 48.5 Å². The summed E-state index contributed by atoms with van der Waals surface area (Å²) in [7, 11) is 1.49. The molecule has 2 aliphatic carbocycles. The minimum Gasteiger partial charge on any atom is -0.480 e. The lowest BCUT2D eigenvalue weighted by molar-refractivity contribution is -0.149. The molecular weight excluding hydrogens is 448 g/mol. The highest BCUT2D eigenvalue weighted by Crippen LogP contribution is 2.44. The number of carboxylic acids is 1. The molecule has 8 heteroatoms. The molecule has 0 atom stereocenters. The van der Waals surface area contributed by atoms with Crippen molar-refractivity contribution in [2.75, 3.05) is 33.4 Å². The maximum atomic E-state index is 13.5. The molecule has 0 radical (unpaired) electrons. The summed E-state index contributed by atoms with van der Waals surface area (Å²) in [5.74, 6) is -1.59. The molecule has 0 aliphatic heterocycles. The van der Waals surface area contributed by atoms with Crippen molar-refractivity contribution >= 4 is 18.0 Å². The Kier molecular flexibility index (Phi) is 7.70. The number of rotatable bonds is 9. The van der Waals surface area contributed by atoms with E-state index in [0.717, 1.165) is 41.5 Å². The van der Waals surface area contributed by atoms with Gasteiger partial charge in [-0.05, 0) is 35.1 Å². The SMILES string of the molecule is COCCN(CC(=O)O)C(=O)C1(NC(=O)OCC2c3ccccc3-c3ccccc32)CCCCC1. The van der Waals surface area contributed by atoms with Crippen molar-refractivity contribution in [2.24, 2.45) is 0 Å². The Morgan fingerprint density at radius 1 is 1.00 bits per heavy atom. The second-order valence-corrected chi connectivity index (χ2v) is 9.21. The van der Waals surface area contributed by atoms with Crippen LogP contribution in [0.25, 0.3) is 11.1 Å². The fourth-order valence-corrected chi connectivity index (χ4v) is 5.30. The third-order valence-electron chi connectivity index (χ3n) is 6.98. The molecular formula is C27H32N2O6. The van der Waals surface area contributed by atoms with Crippen molar-refractivity contribution in [2.45, 2.75) is 43.6 Å². The van der Waals surface area contributed by atoms with E-state index in [4.69, 9.17) is 9.47 Å². The zero-order valence-electron chi connectivity index (χ0n) is 20.0. The van der Waals surface area contributed by atoms with E-state index in [1.54, 1.807) is 0 Å². The highest BCUT2D eigenvalue weighted by Gasteiger charge is 2.44. The standard InChI is InChI=1S/C27H32N2O6/c1-34-16-15-29(17-24(30)31)25(32)27(13-7-2-8-14-27)28-26(33)35-18-23-21-11-5-3-9-19(21)20-10-4-6-12-22(20)23/h3-6,9-12,23H,2,7-8,13-18H2,1H3,(H,28,33)(H,30,31). The fraction of sp³-hybridized carbons (Fsp3) is 0.444. The molecule has 186 valence electrons. The molecule has 0 unspecified atom stereocenters. The van der Waals surface area contributed by atoms with Crippen molar-refractivity contribution in [1.29, 1.82) is 0 Å². The maximum Gasteiger partial charge on any atom is 0.408 e. The Bertz CT molecular complexity index is 1030. The Morgan fingerprint density at radius 2 is 1.60 bits per heavy atom. The lowest BCUT2D eigenvalue weighted by atomic mass is 9.80. The summed E-state index contributed by atoms with van der Waals surface area (Å²) in [4.78, 5) is 39.2. The van der Waals surface area contributed by atoms with Crippen LogP contribution in [0.1, 0.15) is 49.1 Å². The molecule has 35 heavy (non-hydrogen) atoms. The smallest absolute Gasteiger partial charge is 0.408 e. The van der Waals surface area contributed by atoms with E-state index in [-0.39, 0.29) is 25.7 Å². The number of carbonyl (C=O) groups is 3. The van der Waals surface area contributed by atoms with Crippen LogP contribution in [0.2, 0.25) is 0 Å². The summed E-state index contributed by atoms with van der Waals surface area (Å²) in [6.45, 7) is 0.0404. The Balaban J connectivity index is 1.49. The first-order valence-corrected chi connectivity index (χ1v) is 12.1. The zero-order chi connectivity index (χ0) is 24.8. The minimum absolute atomic E-state index is 0.0867. The molecule has 1 saturated carbocycles. The van der Waals surface area contributed by atoms with Gasteiger partial charge in [-0.25, -0.2) is 4.79 Å². The average molecular weight is 481 g/mol. The summed E-state index contributed by atoms with van der Waals surface area (Å²) in [6, 6.07) is 16.2. The summed E-state index contributed by atoms with van der Waals surface area (Å²) in [5.41, 5.74) is 3.32. The molecule has 2 N–H and O–H groups in total. The van der Waals surface area contributed by atoms with Crippen LogP contribution in [0.4, 0.5) is 4.79 Å². The topological polar surface area (TPSA) is 105 Å². The molecule has 0 saturated heterocycles. The number of benzene rings is 2. The Labute approximate surface area is 205 Å². The predicted molar refractivity (Wildman–Crippen MR) is 130 cm³/mol. The van der Waals surface area contributed by atoms with Crippen LogP contribution in [0.5, 0.6) is 0 Å². The first-order valence-electron chi connectivity index (χ1n) is 12.1. The fourth-order valence-electron chi connectivity index (χ4n) is 5.30. The summed E-state index contributed by atoms with van der Waals surface area (Å²) in [6.07, 6.45) is 2.71. The molecule has 2 amide bonds. The summed E-state index contributed by atoms with van der Waals surface area (Å²) >= 11 is 0. The van der Waals surface area contributed by atoms with Crippen molar-refractivity contribution in [3.8, 4) is 11.1 Å². The molecule has 0 spiro atoms. The largest absolute Gasteiger partial charge is 0.480 e. The number of nitrogens with zero attached hydrogens (tertiary/aromatic N) is 1. The lowest BCUT2D eigenvalue weighted by Crippen LogP contribution is -2.61. The molecule has 8 nitrogen and oxygen atoms in total. The van der Waals surface area contributed by atoms with Crippen LogP contribution in [0, 0.1) is 0 Å². The van der Waals surface area contributed by atoms with E-state index in [9.17, 15) is 19.5 Å². The van der Waals surface area contributed by atoms with Gasteiger partial charge in [0.1, 0.15) is 18.7 Å². The van der Waals surface area contributed by atoms with E-state index >= 15 is 0 Å². The van der Waals surface area contributed by atoms with Crippen LogP contribution >= 0.6 is 0 Å². The van der Waals surface area contributed by atoms with Crippen molar-refractivity contribution in [3.63, 3.8) is 0 Å². The van der Waals surface area contributed by atoms with Gasteiger partial charge >= 0.3 is 12.1 Å². The van der Waals surface area contributed by atoms with Crippen molar-refractivity contribution < 1.29 is 29.0 Å². The molecule has 0 bridgehead atoms.